The average molecular weight is 1380 g/mol. The zero-order valence-electron chi connectivity index (χ0n) is 62.0. The minimum atomic E-state index is -2.61. The third-order valence-electron chi connectivity index (χ3n) is 22.4. The summed E-state index contributed by atoms with van der Waals surface area (Å²) in [4.78, 5) is 4.93. The topological polar surface area (TPSA) is 16.3 Å². The quantitative estimate of drug-likeness (QED) is 0.113. The Hall–Kier alpha value is -14.0. The van der Waals surface area contributed by atoms with Gasteiger partial charge in [-0.15, -0.1) is 0 Å². The molecular formula is C103H69BN4. The molecule has 0 aliphatic carbocycles. The molecule has 0 bridgehead atoms. The van der Waals surface area contributed by atoms with Crippen LogP contribution in [0.25, 0.3) is 144 Å². The summed E-state index contributed by atoms with van der Waals surface area (Å²) in [5, 5.41) is 4.63. The Labute approximate surface area is 633 Å². The van der Waals surface area contributed by atoms with Crippen molar-refractivity contribution >= 4 is 101 Å². The van der Waals surface area contributed by atoms with Gasteiger partial charge in [0.2, 0.25) is 0 Å². The van der Waals surface area contributed by atoms with Gasteiger partial charge >= 0.3 is 0 Å². The van der Waals surface area contributed by atoms with Crippen LogP contribution in [-0.2, 0) is 0 Å². The lowest BCUT2D eigenvalue weighted by Crippen LogP contribution is -2.61. The molecule has 4 heterocycles. The lowest BCUT2D eigenvalue weighted by Gasteiger charge is -2.46. The van der Waals surface area contributed by atoms with Crippen LogP contribution < -0.4 is 26.2 Å². The Kier molecular flexibility index (Phi) is 14.1. The molecule has 4 nitrogen and oxygen atoms in total. The first-order valence-electron chi connectivity index (χ1n) is 38.7. The van der Waals surface area contributed by atoms with Gasteiger partial charge in [-0.25, -0.2) is 0 Å². The van der Waals surface area contributed by atoms with Crippen molar-refractivity contribution in [2.45, 2.75) is 6.85 Å². The van der Waals surface area contributed by atoms with E-state index in [-0.39, 0.29) is 5.56 Å². The number of rotatable bonds is 12. The maximum atomic E-state index is 9.97. The van der Waals surface area contributed by atoms with Gasteiger partial charge in [-0.05, 0) is 180 Å². The first-order valence-corrected chi connectivity index (χ1v) is 37.2. The number of aryl methyl sites for hydroxylation is 1. The van der Waals surface area contributed by atoms with E-state index in [9.17, 15) is 4.11 Å². The van der Waals surface area contributed by atoms with Crippen LogP contribution in [0.15, 0.2) is 400 Å². The molecule has 0 amide bonds. The van der Waals surface area contributed by atoms with Crippen LogP contribution in [0.4, 0.5) is 34.1 Å². The Bertz CT molecular complexity index is 6390. The Balaban J connectivity index is 0.886. The van der Waals surface area contributed by atoms with Gasteiger partial charge in [0.15, 0.2) is 0 Å². The molecule has 0 atom stereocenters. The molecule has 0 saturated heterocycles. The van der Waals surface area contributed by atoms with Crippen molar-refractivity contribution in [2.24, 2.45) is 0 Å². The number of fused-ring (bicyclic) bond motifs is 10. The van der Waals surface area contributed by atoms with E-state index in [0.29, 0.717) is 0 Å². The zero-order valence-corrected chi connectivity index (χ0v) is 59.0. The molecule has 0 N–H and O–H groups in total. The molecule has 0 spiro atoms. The van der Waals surface area contributed by atoms with Crippen molar-refractivity contribution in [1.82, 2.24) is 9.13 Å². The van der Waals surface area contributed by atoms with E-state index in [1.165, 1.54) is 0 Å². The maximum Gasteiger partial charge on any atom is 0.252 e. The fourth-order valence-corrected chi connectivity index (χ4v) is 17.6. The summed E-state index contributed by atoms with van der Waals surface area (Å²) in [6, 6.07) is 145. The summed E-state index contributed by atoms with van der Waals surface area (Å²) in [5.74, 6) is 0. The first-order chi connectivity index (χ1) is 54.7. The highest BCUT2D eigenvalue weighted by Gasteiger charge is 2.46. The second-order valence-electron chi connectivity index (χ2n) is 28.4. The first kappa shape index (κ1) is 59.4. The van der Waals surface area contributed by atoms with Gasteiger partial charge in [0, 0.05) is 82.0 Å². The van der Waals surface area contributed by atoms with Crippen molar-refractivity contribution in [3.05, 3.63) is 406 Å². The molecule has 0 unspecified atom stereocenters. The number of nitrogens with zero attached hydrogens (tertiary/aromatic N) is 4. The molecule has 17 aromatic carbocycles. The van der Waals surface area contributed by atoms with E-state index in [2.05, 4.69) is 407 Å². The van der Waals surface area contributed by atoms with Crippen molar-refractivity contribution in [1.29, 1.82) is 0 Å². The van der Waals surface area contributed by atoms with E-state index in [1.54, 1.807) is 0 Å². The molecule has 19 aromatic rings. The number of hydrogen-bond acceptors (Lipinski definition) is 2. The van der Waals surface area contributed by atoms with Crippen LogP contribution in [0.5, 0.6) is 0 Å². The average Bonchev–Trinajstić information content (AvgIpc) is 0.823. The molecule has 5 heteroatoms. The lowest BCUT2D eigenvalue weighted by molar-refractivity contribution is 1.16. The van der Waals surface area contributed by atoms with Gasteiger partial charge in [0.1, 0.15) is 0 Å². The molecule has 0 fully saturated rings. The molecule has 2 aromatic heterocycles. The molecule has 0 radical (unpaired) electrons. The summed E-state index contributed by atoms with van der Waals surface area (Å²) in [6.45, 7) is -3.05. The highest BCUT2D eigenvalue weighted by Crippen LogP contribution is 2.54. The van der Waals surface area contributed by atoms with E-state index < -0.39 is 13.6 Å². The molecule has 2 aliphatic rings. The zero-order chi connectivity index (χ0) is 73.8. The SMILES string of the molecule is [2H]C([2H])([2H])c1cc2c3c(c1)N(c1c(-c4ccccc4)cccc1-c1cccc(-c4cccc(-c5ccccc5)c4)c1)c1cc(-n4c5ccccc5c5ccccc54)ccc1B3c1ccc(-n3c4ccccc4c4ccccc43)cc1N2c1c(-c2ccccc2)cccc1-c1cccc(-c2cccc(-c3ccccc3)c2)c1. The summed E-state index contributed by atoms with van der Waals surface area (Å²) in [6.07, 6.45) is 0. The summed E-state index contributed by atoms with van der Waals surface area (Å²) >= 11 is 0. The largest absolute Gasteiger partial charge is 0.310 e. The highest BCUT2D eigenvalue weighted by atomic mass is 15.2. The third-order valence-corrected chi connectivity index (χ3v) is 22.4. The van der Waals surface area contributed by atoms with E-state index >= 15 is 0 Å². The standard InChI is InChI=1S/C103H69BN4/c1-68-60-99-101-100(61-68)108(103-84(72-34-12-5-13-35-72)49-27-51-86(103)80-43-25-41-78(65-80)76-39-23-37-74(63-76)70-30-8-3-9-31-70)98-67-82(106-95-54-20-16-46-89(95)90-47-17-21-55-96(90)106)57-59-92(98)104(101)91-58-56-81(105-93-52-18-14-44-87(93)88-45-15-19-53-94(88)105)66-97(91)107(99)102-83(71-32-10-4-11-33-71)48-26-50-85(102)79-42-24-40-77(64-79)75-38-22-36-73(62-75)69-28-6-2-7-29-69/h2-67H,1H3/i1D3. The van der Waals surface area contributed by atoms with Crippen LogP contribution in [-0.4, -0.2) is 15.8 Å². The molecule has 504 valence electrons. The lowest BCUT2D eigenvalue weighted by atomic mass is 9.33. The van der Waals surface area contributed by atoms with Gasteiger partial charge < -0.3 is 18.9 Å². The molecule has 0 saturated carbocycles. The Morgan fingerprint density at radius 3 is 0.852 bits per heavy atom. The fraction of sp³-hybridized carbons (Fsp3) is 0.00971. The molecule has 21 rings (SSSR count). The smallest absolute Gasteiger partial charge is 0.252 e. The number of para-hydroxylation sites is 6. The normalized spacial score (nSPS) is 12.8. The van der Waals surface area contributed by atoms with E-state index in [0.717, 1.165) is 195 Å². The van der Waals surface area contributed by atoms with Gasteiger partial charge in [0.05, 0.1) is 33.4 Å². The fourth-order valence-electron chi connectivity index (χ4n) is 17.6. The van der Waals surface area contributed by atoms with Crippen molar-refractivity contribution in [2.75, 3.05) is 9.80 Å². The highest BCUT2D eigenvalue weighted by molar-refractivity contribution is 7.00. The Morgan fingerprint density at radius 1 is 0.222 bits per heavy atom. The second-order valence-corrected chi connectivity index (χ2v) is 28.4. The molecule has 108 heavy (non-hydrogen) atoms. The number of anilines is 6. The van der Waals surface area contributed by atoms with Gasteiger partial charge in [-0.2, -0.15) is 0 Å². The van der Waals surface area contributed by atoms with Gasteiger partial charge in [-0.3, -0.25) is 0 Å². The van der Waals surface area contributed by atoms with Crippen LogP contribution in [0.1, 0.15) is 9.68 Å². The minimum absolute atomic E-state index is 0.215. The minimum Gasteiger partial charge on any atom is -0.310 e. The summed E-state index contributed by atoms with van der Waals surface area (Å²) in [5.41, 5.74) is 31.8. The predicted molar refractivity (Wildman–Crippen MR) is 457 cm³/mol. The summed E-state index contributed by atoms with van der Waals surface area (Å²) in [7, 11) is 0. The Morgan fingerprint density at radius 2 is 0.500 bits per heavy atom. The van der Waals surface area contributed by atoms with Crippen molar-refractivity contribution < 1.29 is 4.11 Å². The van der Waals surface area contributed by atoms with Gasteiger partial charge in [0.25, 0.3) is 6.71 Å². The number of aromatic nitrogens is 2. The van der Waals surface area contributed by atoms with E-state index in [1.807, 2.05) is 12.1 Å². The predicted octanol–water partition coefficient (Wildman–Crippen LogP) is 25.6. The number of benzene rings is 17. The van der Waals surface area contributed by atoms with Crippen molar-refractivity contribution in [3.8, 4) is 100 Å². The summed E-state index contributed by atoms with van der Waals surface area (Å²) < 4.78 is 34.7. The van der Waals surface area contributed by atoms with Crippen LogP contribution in [0.3, 0.4) is 0 Å². The van der Waals surface area contributed by atoms with Crippen LogP contribution >= 0.6 is 0 Å². The van der Waals surface area contributed by atoms with Crippen LogP contribution in [0.2, 0.25) is 0 Å². The van der Waals surface area contributed by atoms with Gasteiger partial charge in [-0.1, -0.05) is 315 Å². The van der Waals surface area contributed by atoms with Crippen molar-refractivity contribution in [3.63, 3.8) is 0 Å². The molecule has 2 aliphatic heterocycles. The number of hydrogen-bond donors (Lipinski definition) is 0. The third kappa shape index (κ3) is 10.3. The van der Waals surface area contributed by atoms with E-state index in [4.69, 9.17) is 0 Å². The second kappa shape index (κ2) is 25.7. The monoisotopic (exact) mass is 1380 g/mol. The molecular weight excluding hydrogens is 1300 g/mol. The maximum absolute atomic E-state index is 9.97. The van der Waals surface area contributed by atoms with Crippen LogP contribution in [0, 0.1) is 6.85 Å².